The molecule has 35 heavy (non-hydrogen) atoms. The molecule has 7 nitrogen and oxygen atoms in total. The summed E-state index contributed by atoms with van der Waals surface area (Å²) in [5, 5.41) is 17.5. The zero-order valence-corrected chi connectivity index (χ0v) is 19.7. The third-order valence-corrected chi connectivity index (χ3v) is 6.16. The number of carbonyl (C=O) groups is 1. The molecule has 7 heteroatoms. The summed E-state index contributed by atoms with van der Waals surface area (Å²) in [6.07, 6.45) is 3.39. The fraction of sp³-hybridized carbons (Fsp3) is 0.214. The lowest BCUT2D eigenvalue weighted by atomic mass is 9.97. The van der Waals surface area contributed by atoms with Gasteiger partial charge in [0.05, 0.1) is 12.1 Å². The first kappa shape index (κ1) is 22.4. The Balaban J connectivity index is 1.50. The van der Waals surface area contributed by atoms with Crippen LogP contribution in [-0.4, -0.2) is 27.2 Å². The summed E-state index contributed by atoms with van der Waals surface area (Å²) in [5.41, 5.74) is 6.17. The van der Waals surface area contributed by atoms with Crippen LogP contribution in [0.4, 0.5) is 0 Å². The molecule has 0 bridgehead atoms. The number of nitrogens with zero attached hydrogens (tertiary/aromatic N) is 4. The number of nitrogens with one attached hydrogen (secondary N) is 1. The van der Waals surface area contributed by atoms with Crippen molar-refractivity contribution < 1.29 is 9.53 Å². The molecule has 0 aliphatic carbocycles. The van der Waals surface area contributed by atoms with Crippen LogP contribution in [0.25, 0.3) is 22.4 Å². The summed E-state index contributed by atoms with van der Waals surface area (Å²) >= 11 is 0. The predicted octanol–water partition coefficient (Wildman–Crippen LogP) is 4.93. The van der Waals surface area contributed by atoms with E-state index >= 15 is 0 Å². The lowest BCUT2D eigenvalue weighted by molar-refractivity contribution is 0.0925. The minimum absolute atomic E-state index is 0.178. The molecule has 0 unspecified atom stereocenters. The Morgan fingerprint density at radius 3 is 2.57 bits per heavy atom. The van der Waals surface area contributed by atoms with Gasteiger partial charge in [-0.05, 0) is 46.9 Å². The molecule has 1 N–H and O–H groups in total. The molecule has 1 aliphatic heterocycles. The molecule has 1 amide bonds. The molecule has 174 valence electrons. The molecule has 3 heterocycles. The number of carbonyl (C=O) groups excluding carboxylic acids is 1. The van der Waals surface area contributed by atoms with Crippen LogP contribution in [0.5, 0.6) is 5.75 Å². The molecule has 4 aromatic rings. The van der Waals surface area contributed by atoms with Gasteiger partial charge in [-0.15, -0.1) is 0 Å². The molecule has 0 saturated heterocycles. The molecule has 0 fully saturated rings. The molecule has 0 saturated carbocycles. The van der Waals surface area contributed by atoms with Gasteiger partial charge in [-0.1, -0.05) is 44.2 Å². The van der Waals surface area contributed by atoms with Gasteiger partial charge >= 0.3 is 0 Å². The predicted molar refractivity (Wildman–Crippen MR) is 133 cm³/mol. The molecule has 0 radical (unpaired) electrons. The number of aromatic nitrogens is 3. The van der Waals surface area contributed by atoms with Crippen molar-refractivity contribution in [1.82, 2.24) is 20.1 Å². The summed E-state index contributed by atoms with van der Waals surface area (Å²) in [6, 6.07) is 19.7. The summed E-state index contributed by atoms with van der Waals surface area (Å²) in [5.74, 6) is 0.791. The number of ether oxygens (including phenoxy) is 1. The zero-order chi connectivity index (χ0) is 24.4. The van der Waals surface area contributed by atoms with E-state index in [2.05, 4.69) is 54.5 Å². The first-order chi connectivity index (χ1) is 17.0. The number of fused-ring (bicyclic) bond motifs is 1. The Morgan fingerprint density at radius 1 is 1.09 bits per heavy atom. The average molecular weight is 464 g/mol. The van der Waals surface area contributed by atoms with Crippen molar-refractivity contribution in [3.05, 3.63) is 89.4 Å². The standard InChI is InChI=1S/C28H25N5O2/c1-18(2)20-5-3-19(4-6-20)17-35-24-8-7-22(15-23(24)16-29)25-26(21-9-11-30-12-10-21)32-33-14-13-31-28(34)27(25)33/h3-12,15,18H,13-14,17H2,1-2H3,(H,31,34). The summed E-state index contributed by atoms with van der Waals surface area (Å²) in [7, 11) is 0. The number of nitriles is 1. The first-order valence-corrected chi connectivity index (χ1v) is 11.6. The minimum atomic E-state index is -0.178. The molecule has 0 spiro atoms. The Morgan fingerprint density at radius 2 is 1.86 bits per heavy atom. The number of rotatable bonds is 6. The monoisotopic (exact) mass is 463 g/mol. The highest BCUT2D eigenvalue weighted by atomic mass is 16.5. The topological polar surface area (TPSA) is 92.8 Å². The minimum Gasteiger partial charge on any atom is -0.488 e. The third-order valence-electron chi connectivity index (χ3n) is 6.16. The van der Waals surface area contributed by atoms with E-state index in [1.54, 1.807) is 29.2 Å². The van der Waals surface area contributed by atoms with Gasteiger partial charge in [-0.3, -0.25) is 14.5 Å². The second-order valence-corrected chi connectivity index (χ2v) is 8.79. The van der Waals surface area contributed by atoms with Gasteiger partial charge in [0.15, 0.2) is 0 Å². The van der Waals surface area contributed by atoms with Crippen LogP contribution < -0.4 is 10.1 Å². The summed E-state index contributed by atoms with van der Waals surface area (Å²) in [6.45, 7) is 5.79. The van der Waals surface area contributed by atoms with Gasteiger partial charge in [-0.2, -0.15) is 10.4 Å². The SMILES string of the molecule is CC(C)c1ccc(COc2ccc(-c3c(-c4ccncc4)nn4c3C(=O)NCC4)cc2C#N)cc1. The second kappa shape index (κ2) is 9.43. The summed E-state index contributed by atoms with van der Waals surface area (Å²) in [4.78, 5) is 16.9. The number of hydrogen-bond acceptors (Lipinski definition) is 5. The number of hydrogen-bond donors (Lipinski definition) is 1. The first-order valence-electron chi connectivity index (χ1n) is 11.6. The van der Waals surface area contributed by atoms with Crippen molar-refractivity contribution in [1.29, 1.82) is 5.26 Å². The van der Waals surface area contributed by atoms with E-state index < -0.39 is 0 Å². The highest BCUT2D eigenvalue weighted by Gasteiger charge is 2.28. The number of pyridine rings is 1. The zero-order valence-electron chi connectivity index (χ0n) is 19.7. The maximum Gasteiger partial charge on any atom is 0.270 e. The van der Waals surface area contributed by atoms with E-state index in [1.807, 2.05) is 18.2 Å². The fourth-order valence-corrected chi connectivity index (χ4v) is 4.26. The maximum absolute atomic E-state index is 12.8. The average Bonchev–Trinajstić information content (AvgIpc) is 3.29. The number of amides is 1. The van der Waals surface area contributed by atoms with Crippen LogP contribution in [0.3, 0.4) is 0 Å². The Kier molecular flexibility index (Phi) is 6.02. The Hall–Kier alpha value is -4.44. The molecule has 2 aromatic carbocycles. The van der Waals surface area contributed by atoms with Gasteiger partial charge in [0.2, 0.25) is 0 Å². The lowest BCUT2D eigenvalue weighted by Gasteiger charge is -2.16. The molecular weight excluding hydrogens is 438 g/mol. The highest BCUT2D eigenvalue weighted by Crippen LogP contribution is 2.37. The second-order valence-electron chi connectivity index (χ2n) is 8.79. The van der Waals surface area contributed by atoms with E-state index in [1.165, 1.54) is 5.56 Å². The normalized spacial score (nSPS) is 12.7. The molecule has 1 aliphatic rings. The van der Waals surface area contributed by atoms with Crippen LogP contribution in [-0.2, 0) is 13.2 Å². The van der Waals surface area contributed by atoms with Crippen molar-refractivity contribution in [2.24, 2.45) is 0 Å². The van der Waals surface area contributed by atoms with Crippen LogP contribution >= 0.6 is 0 Å². The molecule has 5 rings (SSSR count). The molecule has 2 aromatic heterocycles. The van der Waals surface area contributed by atoms with Crippen molar-refractivity contribution in [2.45, 2.75) is 32.9 Å². The largest absolute Gasteiger partial charge is 0.488 e. The van der Waals surface area contributed by atoms with Crippen LogP contribution in [0.2, 0.25) is 0 Å². The fourth-order valence-electron chi connectivity index (χ4n) is 4.26. The van der Waals surface area contributed by atoms with Gasteiger partial charge in [0.1, 0.15) is 29.8 Å². The van der Waals surface area contributed by atoms with Crippen LogP contribution in [0.15, 0.2) is 67.0 Å². The van der Waals surface area contributed by atoms with Crippen molar-refractivity contribution in [3.8, 4) is 34.2 Å². The van der Waals surface area contributed by atoms with Crippen molar-refractivity contribution >= 4 is 5.91 Å². The van der Waals surface area contributed by atoms with Crippen LogP contribution in [0.1, 0.15) is 46.9 Å². The molecular formula is C28H25N5O2. The third kappa shape index (κ3) is 4.38. The van der Waals surface area contributed by atoms with E-state index in [4.69, 9.17) is 9.84 Å². The quantitative estimate of drug-likeness (QED) is 0.438. The van der Waals surface area contributed by atoms with Gasteiger partial charge in [-0.25, -0.2) is 0 Å². The van der Waals surface area contributed by atoms with Crippen molar-refractivity contribution in [2.75, 3.05) is 6.54 Å². The summed E-state index contributed by atoms with van der Waals surface area (Å²) < 4.78 is 7.74. The van der Waals surface area contributed by atoms with Crippen molar-refractivity contribution in [3.63, 3.8) is 0 Å². The van der Waals surface area contributed by atoms with Gasteiger partial charge < -0.3 is 10.1 Å². The smallest absolute Gasteiger partial charge is 0.270 e. The Bertz CT molecular complexity index is 1420. The highest BCUT2D eigenvalue weighted by molar-refractivity contribution is 6.03. The lowest BCUT2D eigenvalue weighted by Crippen LogP contribution is -2.35. The number of benzene rings is 2. The van der Waals surface area contributed by atoms with E-state index in [9.17, 15) is 10.1 Å². The van der Waals surface area contributed by atoms with Crippen LogP contribution in [0, 0.1) is 11.3 Å². The van der Waals surface area contributed by atoms with E-state index in [-0.39, 0.29) is 5.91 Å². The Labute approximate surface area is 204 Å². The van der Waals surface area contributed by atoms with Gasteiger partial charge in [0.25, 0.3) is 5.91 Å². The maximum atomic E-state index is 12.8. The molecule has 0 atom stereocenters. The van der Waals surface area contributed by atoms with E-state index in [0.29, 0.717) is 53.9 Å². The van der Waals surface area contributed by atoms with E-state index in [0.717, 1.165) is 16.7 Å². The van der Waals surface area contributed by atoms with Gasteiger partial charge in [0, 0.05) is 30.1 Å².